The SMILES string of the molecule is Cc1cccc(C)c1B1c2ccccc2Oc2c1n(-c1[c-]cccc1)[c-][n+]2C.[Ir+3].[c-]1ccccc1-c1ccccn1. The van der Waals surface area contributed by atoms with Gasteiger partial charge in [0.2, 0.25) is 18.9 Å². The second-order valence-electron chi connectivity index (χ2n) is 9.80. The molecule has 6 aromatic rings. The predicted molar refractivity (Wildman–Crippen MR) is 160 cm³/mol. The van der Waals surface area contributed by atoms with E-state index in [9.17, 15) is 0 Å². The molecule has 0 fully saturated rings. The Balaban J connectivity index is 0.000000218. The number of aromatic nitrogens is 3. The van der Waals surface area contributed by atoms with Crippen LogP contribution in [0, 0.1) is 32.3 Å². The third-order valence-corrected chi connectivity index (χ3v) is 7.14. The monoisotopic (exact) mass is 710 g/mol. The fourth-order valence-corrected chi connectivity index (χ4v) is 5.31. The fraction of sp³-hybridized carbons (Fsp3) is 0.0857. The first-order valence-corrected chi connectivity index (χ1v) is 13.3. The average molecular weight is 710 g/mol. The fourth-order valence-electron chi connectivity index (χ4n) is 5.31. The van der Waals surface area contributed by atoms with E-state index in [1.807, 2.05) is 84.4 Å². The van der Waals surface area contributed by atoms with Crippen molar-refractivity contribution in [2.45, 2.75) is 13.8 Å². The minimum atomic E-state index is 0. The Labute approximate surface area is 255 Å². The molecule has 0 N–H and O–H groups in total. The van der Waals surface area contributed by atoms with Gasteiger partial charge in [0.15, 0.2) is 0 Å². The van der Waals surface area contributed by atoms with Crippen LogP contribution < -0.4 is 25.8 Å². The molecule has 4 aromatic carbocycles. The summed E-state index contributed by atoms with van der Waals surface area (Å²) in [7, 11) is 1.98. The molecule has 200 valence electrons. The van der Waals surface area contributed by atoms with Crippen LogP contribution in [0.1, 0.15) is 11.1 Å². The van der Waals surface area contributed by atoms with Crippen molar-refractivity contribution in [3.05, 3.63) is 145 Å². The maximum atomic E-state index is 6.34. The number of aryl methyl sites for hydroxylation is 3. The van der Waals surface area contributed by atoms with E-state index in [0.717, 1.165) is 34.2 Å². The van der Waals surface area contributed by atoms with Gasteiger partial charge in [-0.05, 0) is 37.1 Å². The molecule has 0 atom stereocenters. The molecule has 0 unspecified atom stereocenters. The maximum absolute atomic E-state index is 6.34. The van der Waals surface area contributed by atoms with Crippen LogP contribution in [0.4, 0.5) is 0 Å². The molecule has 0 saturated carbocycles. The van der Waals surface area contributed by atoms with Crippen molar-refractivity contribution >= 4 is 23.2 Å². The van der Waals surface area contributed by atoms with Crippen molar-refractivity contribution in [3.8, 4) is 28.6 Å². The van der Waals surface area contributed by atoms with Gasteiger partial charge in [-0.1, -0.05) is 70.8 Å². The number of imidazole rings is 1. The Morgan fingerprint density at radius 3 is 2.17 bits per heavy atom. The summed E-state index contributed by atoms with van der Waals surface area (Å²) in [6.45, 7) is 4.43. The number of pyridine rings is 1. The van der Waals surface area contributed by atoms with E-state index < -0.39 is 0 Å². The van der Waals surface area contributed by atoms with Crippen molar-refractivity contribution in [1.29, 1.82) is 0 Å². The molecule has 0 aliphatic carbocycles. The topological polar surface area (TPSA) is 30.9 Å². The van der Waals surface area contributed by atoms with Gasteiger partial charge in [-0.2, -0.15) is 30.3 Å². The first-order valence-electron chi connectivity index (χ1n) is 13.3. The van der Waals surface area contributed by atoms with E-state index in [0.29, 0.717) is 0 Å². The van der Waals surface area contributed by atoms with Gasteiger partial charge in [0.05, 0.1) is 7.05 Å². The molecule has 0 spiro atoms. The number of fused-ring (bicyclic) bond motifs is 2. The number of rotatable bonds is 3. The first-order chi connectivity index (χ1) is 19.6. The zero-order valence-electron chi connectivity index (χ0n) is 23.1. The van der Waals surface area contributed by atoms with Crippen molar-refractivity contribution in [1.82, 2.24) is 9.55 Å². The van der Waals surface area contributed by atoms with Gasteiger partial charge in [0.1, 0.15) is 5.75 Å². The van der Waals surface area contributed by atoms with E-state index in [2.05, 4.69) is 78.3 Å². The summed E-state index contributed by atoms with van der Waals surface area (Å²) in [5.41, 5.74) is 9.11. The van der Waals surface area contributed by atoms with E-state index in [4.69, 9.17) is 4.74 Å². The largest absolute Gasteiger partial charge is 3.00 e. The summed E-state index contributed by atoms with van der Waals surface area (Å²) in [4.78, 5) is 4.22. The van der Waals surface area contributed by atoms with Crippen molar-refractivity contribution in [2.24, 2.45) is 7.05 Å². The summed E-state index contributed by atoms with van der Waals surface area (Å²) in [5, 5.41) is 0. The van der Waals surface area contributed by atoms with Crippen LogP contribution in [0.15, 0.2) is 115 Å². The third kappa shape index (κ3) is 5.67. The molecule has 0 saturated heterocycles. The van der Waals surface area contributed by atoms with Crippen LogP contribution in [-0.2, 0) is 27.2 Å². The summed E-state index contributed by atoms with van der Waals surface area (Å²) < 4.78 is 10.4. The third-order valence-electron chi connectivity index (χ3n) is 7.14. The molecule has 7 rings (SSSR count). The predicted octanol–water partition coefficient (Wildman–Crippen LogP) is 4.69. The maximum Gasteiger partial charge on any atom is 3.00 e. The number of para-hydroxylation sites is 2. The van der Waals surface area contributed by atoms with Crippen LogP contribution in [-0.4, -0.2) is 16.3 Å². The first kappa shape index (κ1) is 28.3. The van der Waals surface area contributed by atoms with Gasteiger partial charge in [0, 0.05) is 11.8 Å². The summed E-state index contributed by atoms with van der Waals surface area (Å²) in [5.74, 6) is 1.73. The van der Waals surface area contributed by atoms with Gasteiger partial charge in [-0.15, -0.1) is 35.9 Å². The molecule has 1 aliphatic rings. The Morgan fingerprint density at radius 1 is 0.780 bits per heavy atom. The number of benzene rings is 4. The number of ether oxygens (including phenoxy) is 1. The molecule has 1 aliphatic heterocycles. The van der Waals surface area contributed by atoms with Crippen LogP contribution >= 0.6 is 0 Å². The summed E-state index contributed by atoms with van der Waals surface area (Å²) >= 11 is 0. The molecule has 0 radical (unpaired) electrons. The van der Waals surface area contributed by atoms with Gasteiger partial charge < -0.3 is 14.3 Å². The summed E-state index contributed by atoms with van der Waals surface area (Å²) in [6.07, 6.45) is 5.21. The molecule has 0 amide bonds. The Morgan fingerprint density at radius 2 is 1.49 bits per heavy atom. The van der Waals surface area contributed by atoms with Crippen molar-refractivity contribution < 1.29 is 29.4 Å². The van der Waals surface area contributed by atoms with E-state index in [-0.39, 0.29) is 26.8 Å². The molecule has 2 aromatic heterocycles. The Hall–Kier alpha value is -4.25. The van der Waals surface area contributed by atoms with Crippen LogP contribution in [0.5, 0.6) is 11.6 Å². The molecule has 4 nitrogen and oxygen atoms in total. The minimum Gasteiger partial charge on any atom is -0.472 e. The van der Waals surface area contributed by atoms with Gasteiger partial charge in [0.25, 0.3) is 0 Å². The van der Waals surface area contributed by atoms with Crippen LogP contribution in [0.25, 0.3) is 16.9 Å². The van der Waals surface area contributed by atoms with Gasteiger partial charge >= 0.3 is 20.1 Å². The standard InChI is InChI=1S/C24H20BN2O.C11H8N.Ir/c1-17-10-9-11-18(2)22(17)25-20-14-7-8-15-21(20)28-24-23(25)27(16-26(24)3)19-12-5-4-6-13-19;1-2-6-10(7-3-1)11-8-4-5-9-12-11;/h4-12,14-15H,1-3H3;1-6,8-9H;/q2*-1;+3. The van der Waals surface area contributed by atoms with Crippen molar-refractivity contribution in [2.75, 3.05) is 0 Å². The smallest absolute Gasteiger partial charge is 0.472 e. The Kier molecular flexibility index (Phi) is 8.63. The molecule has 41 heavy (non-hydrogen) atoms. The van der Waals surface area contributed by atoms with E-state index in [1.54, 1.807) is 6.20 Å². The molecule has 0 bridgehead atoms. The van der Waals surface area contributed by atoms with Gasteiger partial charge in [-0.25, -0.2) is 0 Å². The van der Waals surface area contributed by atoms with E-state index >= 15 is 0 Å². The molecular weight excluding hydrogens is 681 g/mol. The molecule has 6 heteroatoms. The quantitative estimate of drug-likeness (QED) is 0.152. The zero-order valence-corrected chi connectivity index (χ0v) is 25.5. The molecule has 3 heterocycles. The zero-order chi connectivity index (χ0) is 27.5. The van der Waals surface area contributed by atoms with Crippen LogP contribution in [0.2, 0.25) is 0 Å². The van der Waals surface area contributed by atoms with Gasteiger partial charge in [-0.3, -0.25) is 4.57 Å². The second-order valence-corrected chi connectivity index (χ2v) is 9.80. The Bertz CT molecular complexity index is 1700. The second kappa shape index (κ2) is 12.5. The average Bonchev–Trinajstić information content (AvgIpc) is 3.34. The minimum absolute atomic E-state index is 0. The van der Waals surface area contributed by atoms with E-state index in [1.165, 1.54) is 22.1 Å². The summed E-state index contributed by atoms with van der Waals surface area (Å²) in [6, 6.07) is 43.0. The van der Waals surface area contributed by atoms with Crippen LogP contribution in [0.3, 0.4) is 0 Å². The molecular formula is C35H28BIrN3O+. The van der Waals surface area contributed by atoms with Crippen molar-refractivity contribution in [3.63, 3.8) is 0 Å². The number of hydrogen-bond donors (Lipinski definition) is 0. The normalized spacial score (nSPS) is 11.2. The number of nitrogens with zero attached hydrogens (tertiary/aromatic N) is 3. The number of hydrogen-bond acceptors (Lipinski definition) is 2.